The molecule has 1 aromatic carbocycles. The van der Waals surface area contributed by atoms with E-state index in [4.69, 9.17) is 5.11 Å². The van der Waals surface area contributed by atoms with Crippen LogP contribution in [0.4, 0.5) is 0 Å². The van der Waals surface area contributed by atoms with Gasteiger partial charge in [0, 0.05) is 5.56 Å². The summed E-state index contributed by atoms with van der Waals surface area (Å²) in [7, 11) is 0. The van der Waals surface area contributed by atoms with E-state index in [9.17, 15) is 4.79 Å². The molecule has 2 N–H and O–H groups in total. The maximum Gasteiger partial charge on any atom is 0.244 e. The predicted molar refractivity (Wildman–Crippen MR) is 77.3 cm³/mol. The molecule has 112 valence electrons. The zero-order chi connectivity index (χ0) is 15.5. The van der Waals surface area contributed by atoms with Gasteiger partial charge < -0.3 is 10.4 Å². The number of aliphatic hydroxyl groups excluding tert-OH is 1. The Morgan fingerprint density at radius 2 is 2.00 bits per heavy atom. The van der Waals surface area contributed by atoms with Gasteiger partial charge in [-0.3, -0.25) is 4.79 Å². The van der Waals surface area contributed by atoms with E-state index in [1.54, 1.807) is 13.8 Å². The second kappa shape index (κ2) is 6.01. The zero-order valence-electron chi connectivity index (χ0n) is 12.4. The molecule has 21 heavy (non-hydrogen) atoms. The van der Waals surface area contributed by atoms with Gasteiger partial charge in [-0.2, -0.15) is 4.80 Å². The van der Waals surface area contributed by atoms with Crippen molar-refractivity contribution in [1.82, 2.24) is 25.5 Å². The van der Waals surface area contributed by atoms with Crippen LogP contribution < -0.4 is 5.32 Å². The first-order valence-electron chi connectivity index (χ1n) is 6.66. The molecule has 2 aromatic rings. The summed E-state index contributed by atoms with van der Waals surface area (Å²) >= 11 is 0. The number of tetrazole rings is 1. The molecular formula is C14H19N5O2. The first-order valence-corrected chi connectivity index (χ1v) is 6.66. The van der Waals surface area contributed by atoms with Gasteiger partial charge in [-0.25, -0.2) is 0 Å². The van der Waals surface area contributed by atoms with E-state index in [2.05, 4.69) is 20.7 Å². The van der Waals surface area contributed by atoms with Gasteiger partial charge in [-0.1, -0.05) is 29.8 Å². The van der Waals surface area contributed by atoms with Crippen LogP contribution in [0.5, 0.6) is 0 Å². The van der Waals surface area contributed by atoms with E-state index in [1.807, 2.05) is 31.2 Å². The quantitative estimate of drug-likeness (QED) is 0.838. The molecule has 0 radical (unpaired) electrons. The smallest absolute Gasteiger partial charge is 0.244 e. The summed E-state index contributed by atoms with van der Waals surface area (Å²) in [6.45, 7) is 5.29. The first kappa shape index (κ1) is 15.1. The fourth-order valence-corrected chi connectivity index (χ4v) is 1.71. The molecule has 0 bridgehead atoms. The van der Waals surface area contributed by atoms with Crippen molar-refractivity contribution in [3.63, 3.8) is 0 Å². The Labute approximate surface area is 123 Å². The number of aromatic nitrogens is 4. The average molecular weight is 289 g/mol. The molecule has 0 saturated heterocycles. The highest BCUT2D eigenvalue weighted by Crippen LogP contribution is 2.13. The Morgan fingerprint density at radius 3 is 2.62 bits per heavy atom. The summed E-state index contributed by atoms with van der Waals surface area (Å²) in [4.78, 5) is 13.1. The number of carbonyl (C=O) groups is 1. The number of hydrogen-bond acceptors (Lipinski definition) is 5. The van der Waals surface area contributed by atoms with Crippen LogP contribution in [0.1, 0.15) is 19.4 Å². The van der Waals surface area contributed by atoms with Gasteiger partial charge in [0.05, 0.1) is 12.1 Å². The largest absolute Gasteiger partial charge is 0.394 e. The lowest BCUT2D eigenvalue weighted by atomic mass is 10.1. The Hall–Kier alpha value is -2.28. The van der Waals surface area contributed by atoms with Gasteiger partial charge in [0.2, 0.25) is 11.7 Å². The number of aryl methyl sites for hydroxylation is 1. The van der Waals surface area contributed by atoms with Crippen molar-refractivity contribution in [3.8, 4) is 11.4 Å². The van der Waals surface area contributed by atoms with E-state index >= 15 is 0 Å². The standard InChI is InChI=1S/C14H19N5O2/c1-10-4-6-11(7-5-10)13-16-18-19(17-13)8-12(21)15-14(2,3)9-20/h4-7,20H,8-9H2,1-3H3,(H,15,21). The summed E-state index contributed by atoms with van der Waals surface area (Å²) in [6, 6.07) is 7.75. The maximum atomic E-state index is 11.8. The van der Waals surface area contributed by atoms with E-state index in [-0.39, 0.29) is 19.1 Å². The summed E-state index contributed by atoms with van der Waals surface area (Å²) in [5.74, 6) is 0.200. The van der Waals surface area contributed by atoms with Gasteiger partial charge in [0.1, 0.15) is 6.54 Å². The van der Waals surface area contributed by atoms with E-state index in [1.165, 1.54) is 4.80 Å². The number of aliphatic hydroxyl groups is 1. The van der Waals surface area contributed by atoms with Crippen LogP contribution in [-0.4, -0.2) is 43.4 Å². The summed E-state index contributed by atoms with van der Waals surface area (Å²) in [5.41, 5.74) is 1.33. The van der Waals surface area contributed by atoms with Crippen molar-refractivity contribution in [2.75, 3.05) is 6.61 Å². The third kappa shape index (κ3) is 4.09. The maximum absolute atomic E-state index is 11.8. The van der Waals surface area contributed by atoms with Gasteiger partial charge in [0.15, 0.2) is 0 Å². The highest BCUT2D eigenvalue weighted by molar-refractivity contribution is 5.76. The lowest BCUT2D eigenvalue weighted by molar-refractivity contribution is -0.124. The Morgan fingerprint density at radius 1 is 1.33 bits per heavy atom. The first-order chi connectivity index (χ1) is 9.89. The number of nitrogens with one attached hydrogen (secondary N) is 1. The Balaban J connectivity index is 2.03. The van der Waals surface area contributed by atoms with Crippen molar-refractivity contribution in [2.24, 2.45) is 0 Å². The van der Waals surface area contributed by atoms with Gasteiger partial charge in [0.25, 0.3) is 0 Å². The molecule has 1 aromatic heterocycles. The van der Waals surface area contributed by atoms with Gasteiger partial charge in [-0.15, -0.1) is 10.2 Å². The van der Waals surface area contributed by atoms with Crippen LogP contribution in [0.15, 0.2) is 24.3 Å². The highest BCUT2D eigenvalue weighted by Gasteiger charge is 2.19. The number of carbonyl (C=O) groups excluding carboxylic acids is 1. The molecule has 1 amide bonds. The van der Waals surface area contributed by atoms with Crippen molar-refractivity contribution >= 4 is 5.91 Å². The topological polar surface area (TPSA) is 92.9 Å². The highest BCUT2D eigenvalue weighted by atomic mass is 16.3. The van der Waals surface area contributed by atoms with Crippen LogP contribution >= 0.6 is 0 Å². The van der Waals surface area contributed by atoms with Crippen LogP contribution in [-0.2, 0) is 11.3 Å². The van der Waals surface area contributed by atoms with Crippen molar-refractivity contribution in [2.45, 2.75) is 32.9 Å². The third-order valence-electron chi connectivity index (χ3n) is 2.92. The SMILES string of the molecule is Cc1ccc(-c2nnn(CC(=O)NC(C)(C)CO)n2)cc1. The molecule has 7 nitrogen and oxygen atoms in total. The van der Waals surface area contributed by atoms with E-state index in [0.29, 0.717) is 5.82 Å². The lowest BCUT2D eigenvalue weighted by Crippen LogP contribution is -2.47. The molecule has 0 aliphatic carbocycles. The zero-order valence-corrected chi connectivity index (χ0v) is 12.4. The molecule has 2 rings (SSSR count). The number of nitrogens with zero attached hydrogens (tertiary/aromatic N) is 4. The van der Waals surface area contributed by atoms with Crippen molar-refractivity contribution < 1.29 is 9.90 Å². The number of hydrogen-bond donors (Lipinski definition) is 2. The second-order valence-corrected chi connectivity index (χ2v) is 5.60. The molecule has 1 heterocycles. The molecule has 0 unspecified atom stereocenters. The van der Waals surface area contributed by atoms with Crippen molar-refractivity contribution in [1.29, 1.82) is 0 Å². The minimum absolute atomic E-state index is 0.0394. The molecule has 0 atom stereocenters. The molecule has 0 aliphatic rings. The molecule has 0 saturated carbocycles. The minimum Gasteiger partial charge on any atom is -0.394 e. The van der Waals surface area contributed by atoms with Crippen LogP contribution in [0, 0.1) is 6.92 Å². The monoisotopic (exact) mass is 289 g/mol. The lowest BCUT2D eigenvalue weighted by Gasteiger charge is -2.22. The Kier molecular flexibility index (Phi) is 4.32. The fourth-order valence-electron chi connectivity index (χ4n) is 1.71. The third-order valence-corrected chi connectivity index (χ3v) is 2.92. The normalized spacial score (nSPS) is 11.4. The average Bonchev–Trinajstić information content (AvgIpc) is 2.87. The van der Waals surface area contributed by atoms with E-state index < -0.39 is 5.54 Å². The molecule has 7 heteroatoms. The minimum atomic E-state index is -0.669. The number of benzene rings is 1. The van der Waals surface area contributed by atoms with Crippen LogP contribution in [0.3, 0.4) is 0 Å². The molecule has 0 spiro atoms. The van der Waals surface area contributed by atoms with Crippen molar-refractivity contribution in [3.05, 3.63) is 29.8 Å². The fraction of sp³-hybridized carbons (Fsp3) is 0.429. The number of amides is 1. The molecule has 0 aliphatic heterocycles. The molecule has 0 fully saturated rings. The van der Waals surface area contributed by atoms with Gasteiger partial charge in [-0.05, 0) is 26.0 Å². The van der Waals surface area contributed by atoms with Crippen LogP contribution in [0.2, 0.25) is 0 Å². The predicted octanol–water partition coefficient (Wildman–Crippen LogP) is 0.536. The van der Waals surface area contributed by atoms with Gasteiger partial charge >= 0.3 is 0 Å². The number of rotatable bonds is 5. The molecular weight excluding hydrogens is 270 g/mol. The summed E-state index contributed by atoms with van der Waals surface area (Å²) in [5, 5.41) is 23.8. The summed E-state index contributed by atoms with van der Waals surface area (Å²) < 4.78 is 0. The second-order valence-electron chi connectivity index (χ2n) is 5.60. The van der Waals surface area contributed by atoms with Crippen LogP contribution in [0.25, 0.3) is 11.4 Å². The summed E-state index contributed by atoms with van der Waals surface area (Å²) in [6.07, 6.45) is 0. The van der Waals surface area contributed by atoms with E-state index in [0.717, 1.165) is 11.1 Å². The Bertz CT molecular complexity index is 619.